The minimum absolute atomic E-state index is 0.00511. The highest BCUT2D eigenvalue weighted by Crippen LogP contribution is 2.48. The third-order valence-electron chi connectivity index (χ3n) is 14.0. The van der Waals surface area contributed by atoms with E-state index in [-0.39, 0.29) is 55.5 Å². The number of pyridine rings is 1. The molecular weight excluding hydrogens is 958 g/mol. The molecule has 380 valence electrons. The molecule has 5 heterocycles. The molecule has 2 aromatic heterocycles. The second-order valence-electron chi connectivity index (χ2n) is 19.5. The molecule has 4 amide bonds. The zero-order valence-corrected chi connectivity index (χ0v) is 41.2. The summed E-state index contributed by atoms with van der Waals surface area (Å²) in [4.78, 5) is 68.7. The van der Waals surface area contributed by atoms with Crippen molar-refractivity contribution in [3.8, 4) is 34.1 Å². The average Bonchev–Trinajstić information content (AvgIpc) is 4.06. The van der Waals surface area contributed by atoms with E-state index in [4.69, 9.17) is 23.9 Å². The smallest absolute Gasteiger partial charge is 0.414 e. The first-order valence-corrected chi connectivity index (χ1v) is 26.1. The second kappa shape index (κ2) is 19.7. The van der Waals surface area contributed by atoms with Gasteiger partial charge in [0.15, 0.2) is 5.54 Å². The summed E-state index contributed by atoms with van der Waals surface area (Å²) in [6, 6.07) is 6.77. The lowest BCUT2D eigenvalue weighted by Gasteiger charge is -2.50. The Kier molecular flexibility index (Phi) is 14.4. The Morgan fingerprint density at radius 2 is 1.83 bits per heavy atom. The third-order valence-corrected chi connectivity index (χ3v) is 16.7. The van der Waals surface area contributed by atoms with Gasteiger partial charge in [0.1, 0.15) is 35.2 Å². The number of rotatable bonds is 12. The van der Waals surface area contributed by atoms with E-state index in [1.165, 1.54) is 18.3 Å². The Balaban J connectivity index is 1.21. The summed E-state index contributed by atoms with van der Waals surface area (Å²) in [5.41, 5.74) is -1.22. The van der Waals surface area contributed by atoms with Crippen LogP contribution in [0.25, 0.3) is 22.6 Å². The molecule has 2 saturated heterocycles. The number of allylic oxidation sites excluding steroid dienone is 1. The van der Waals surface area contributed by atoms with Gasteiger partial charge in [0.2, 0.25) is 21.8 Å². The van der Waals surface area contributed by atoms with E-state index in [0.29, 0.717) is 47.7 Å². The third kappa shape index (κ3) is 10.2. The van der Waals surface area contributed by atoms with Crippen LogP contribution in [0.2, 0.25) is 0 Å². The maximum absolute atomic E-state index is 15.6. The molecule has 3 aromatic rings. The molecule has 17 nitrogen and oxygen atoms in total. The second-order valence-corrected chi connectivity index (χ2v) is 22.4. The number of benzene rings is 1. The lowest BCUT2D eigenvalue weighted by Crippen LogP contribution is -2.72. The highest BCUT2D eigenvalue weighted by molar-refractivity contribution is 7.91. The van der Waals surface area contributed by atoms with Gasteiger partial charge in [0.25, 0.3) is 5.91 Å². The number of halogens is 3. The first-order valence-electron chi connectivity index (χ1n) is 23.6. The molecule has 3 N–H and O–H groups in total. The van der Waals surface area contributed by atoms with Crippen LogP contribution in [0.4, 0.5) is 18.0 Å². The molecule has 8 atom stereocenters. The zero-order valence-electron chi connectivity index (χ0n) is 39.6. The van der Waals surface area contributed by atoms with Crippen molar-refractivity contribution in [2.45, 2.75) is 151 Å². The Labute approximate surface area is 408 Å². The Bertz CT molecular complexity index is 2570. The first-order chi connectivity index (χ1) is 33.1. The molecule has 5 aliphatic rings. The van der Waals surface area contributed by atoms with E-state index in [0.717, 1.165) is 4.90 Å². The van der Waals surface area contributed by atoms with E-state index in [1.807, 2.05) is 26.0 Å². The molecule has 3 aliphatic heterocycles. The number of thiazole rings is 1. The summed E-state index contributed by atoms with van der Waals surface area (Å²) in [7, 11) is -4.17. The van der Waals surface area contributed by atoms with E-state index in [1.54, 1.807) is 61.2 Å². The van der Waals surface area contributed by atoms with Crippen LogP contribution >= 0.6 is 11.3 Å². The maximum atomic E-state index is 15.6. The molecule has 1 unspecified atom stereocenters. The predicted molar refractivity (Wildman–Crippen MR) is 250 cm³/mol. The van der Waals surface area contributed by atoms with Crippen LogP contribution in [0.5, 0.6) is 11.5 Å². The molecule has 4 fully saturated rings. The van der Waals surface area contributed by atoms with E-state index in [2.05, 4.69) is 15.0 Å². The fraction of sp³-hybridized carbons (Fsp3) is 0.583. The summed E-state index contributed by atoms with van der Waals surface area (Å²) in [6.07, 6.45) is -7.10. The Morgan fingerprint density at radius 1 is 1.10 bits per heavy atom. The van der Waals surface area contributed by atoms with Crippen LogP contribution in [0.1, 0.15) is 92.4 Å². The van der Waals surface area contributed by atoms with E-state index < -0.39 is 112 Å². The number of alkyl halides is 3. The number of aromatic nitrogens is 2. The largest absolute Gasteiger partial charge is 0.491 e. The van der Waals surface area contributed by atoms with Crippen LogP contribution in [0, 0.1) is 5.92 Å². The number of carboxylic acid groups (broad SMARTS) is 1. The Hall–Kier alpha value is -5.32. The number of fused-ring (bicyclic) bond motifs is 2. The molecular formula is C48H59F3N6O11S2. The molecule has 70 heavy (non-hydrogen) atoms. The maximum Gasteiger partial charge on any atom is 0.414 e. The van der Waals surface area contributed by atoms with Crippen molar-refractivity contribution >= 4 is 45.2 Å². The van der Waals surface area contributed by atoms with Crippen molar-refractivity contribution in [3.63, 3.8) is 0 Å². The lowest BCUT2D eigenvalue weighted by atomic mass is 9.86. The summed E-state index contributed by atoms with van der Waals surface area (Å²) in [6.45, 7) is 6.98. The fourth-order valence-corrected chi connectivity index (χ4v) is 11.5. The van der Waals surface area contributed by atoms with Gasteiger partial charge in [-0.3, -0.25) is 24.0 Å². The van der Waals surface area contributed by atoms with Crippen molar-refractivity contribution in [1.82, 2.24) is 29.8 Å². The number of ether oxygens (including phenoxy) is 4. The molecule has 0 spiro atoms. The zero-order chi connectivity index (χ0) is 50.4. The van der Waals surface area contributed by atoms with Crippen molar-refractivity contribution in [2.75, 3.05) is 19.8 Å². The minimum Gasteiger partial charge on any atom is -0.491 e. The summed E-state index contributed by atoms with van der Waals surface area (Å²) < 4.78 is 98.8. The lowest BCUT2D eigenvalue weighted by molar-refractivity contribution is -0.263. The van der Waals surface area contributed by atoms with E-state index in [9.17, 15) is 27.9 Å². The predicted octanol–water partition coefficient (Wildman–Crippen LogP) is 6.87. The fourth-order valence-electron chi connectivity index (χ4n) is 9.66. The molecule has 0 bridgehead atoms. The van der Waals surface area contributed by atoms with Crippen molar-refractivity contribution in [3.05, 3.63) is 59.4 Å². The van der Waals surface area contributed by atoms with Gasteiger partial charge in [-0.15, -0.1) is 11.3 Å². The van der Waals surface area contributed by atoms with E-state index >= 15 is 18.0 Å². The van der Waals surface area contributed by atoms with Crippen LogP contribution in [0.15, 0.2) is 59.4 Å². The van der Waals surface area contributed by atoms with Gasteiger partial charge in [-0.05, 0) is 103 Å². The van der Waals surface area contributed by atoms with Crippen LogP contribution in [0.3, 0.4) is 0 Å². The van der Waals surface area contributed by atoms with Gasteiger partial charge >= 0.3 is 12.3 Å². The quantitative estimate of drug-likeness (QED) is 0.158. The van der Waals surface area contributed by atoms with Gasteiger partial charge in [-0.2, -0.15) is 13.2 Å². The standard InChI is InChI=1S/C48H59F3N6O11S2/c1-6-39-40(57(44(61)62)46(48(49,50)51)16-9-19-65-26-46)42(59)56-24-34(68-33-20-35(53-36(21-33)37-25-69-27-52-37)30-12-14-32(15-13-30)66-28(2)3)22-38(56)41(58)54-47(23-31(47)11-8-7-10-29(4)67-39)43(60)55-70(63,64)45(5)17-18-45/h8,11-15,20-21,25,27-29,31,34,38-40H,6-7,9-10,16-19,22-24,26H2,1-5H3,(H,54,58)(H,55,60)(H,61,62)/b11-8-/t29-,31-,34-,38+,39+,40+,46?,47-/m1/s1. The number of carbonyl (C=O) groups excluding carboxylic acids is 3. The van der Waals surface area contributed by atoms with Gasteiger partial charge in [0.05, 0.1) is 58.8 Å². The number of nitrogens with one attached hydrogen (secondary N) is 2. The average molecular weight is 1020 g/mol. The molecule has 8 rings (SSSR count). The van der Waals surface area contributed by atoms with Crippen molar-refractivity contribution in [2.24, 2.45) is 5.92 Å². The van der Waals surface area contributed by atoms with Crippen LogP contribution < -0.4 is 19.5 Å². The van der Waals surface area contributed by atoms with Gasteiger partial charge < -0.3 is 34.3 Å². The van der Waals surface area contributed by atoms with Gasteiger partial charge in [-0.1, -0.05) is 19.1 Å². The monoisotopic (exact) mass is 1020 g/mol. The van der Waals surface area contributed by atoms with Crippen LogP contribution in [-0.2, 0) is 33.9 Å². The number of carbonyl (C=O) groups is 4. The number of hydrogen-bond acceptors (Lipinski definition) is 13. The van der Waals surface area contributed by atoms with Gasteiger partial charge in [-0.25, -0.2) is 23.2 Å². The molecule has 1 aromatic carbocycles. The minimum atomic E-state index is -5.22. The number of sulfonamides is 1. The summed E-state index contributed by atoms with van der Waals surface area (Å²) >= 11 is 1.34. The molecule has 0 radical (unpaired) electrons. The number of nitrogens with zero attached hydrogens (tertiary/aromatic N) is 4. The summed E-state index contributed by atoms with van der Waals surface area (Å²) in [5.74, 6) is -2.85. The molecule has 22 heteroatoms. The van der Waals surface area contributed by atoms with Crippen LogP contribution in [-0.4, -0.2) is 135 Å². The van der Waals surface area contributed by atoms with Crippen molar-refractivity contribution < 1.29 is 64.8 Å². The molecule has 2 aliphatic carbocycles. The highest BCUT2D eigenvalue weighted by atomic mass is 32.2. The normalized spacial score (nSPS) is 29.6. The van der Waals surface area contributed by atoms with Crippen molar-refractivity contribution in [1.29, 1.82) is 0 Å². The highest BCUT2D eigenvalue weighted by Gasteiger charge is 2.66. The SMILES string of the molecule is CC[C@@H]1O[C@H](C)CC/C=C\[C@@H]2C[C@@]2(C(=O)NS(=O)(=O)C2(C)CC2)NC(=O)[C@@H]2C[C@@H](Oc3cc(-c4ccc(OC(C)C)cc4)nc(-c4cscn4)c3)CN2C(=O)[C@H]1N(C(=O)O)C1(C(F)(F)F)CCCOC1. The molecule has 2 saturated carbocycles. The first kappa shape index (κ1) is 51.0. The number of hydrogen-bond donors (Lipinski definition) is 3. The topological polar surface area (TPSA) is 216 Å². The summed E-state index contributed by atoms with van der Waals surface area (Å²) in [5, 5.41) is 15.5. The Morgan fingerprint density at radius 3 is 2.44 bits per heavy atom. The van der Waals surface area contributed by atoms with Gasteiger partial charge in [0, 0.05) is 42.0 Å². The number of amides is 4.